The molecule has 6 heteroatoms. The summed E-state index contributed by atoms with van der Waals surface area (Å²) in [5, 5.41) is 20.6. The first-order valence-electron chi connectivity index (χ1n) is 10.0. The van der Waals surface area contributed by atoms with Crippen LogP contribution in [-0.4, -0.2) is 22.2 Å². The summed E-state index contributed by atoms with van der Waals surface area (Å²) >= 11 is 0. The number of primary amides is 1. The number of carbonyl (C=O) groups is 1. The summed E-state index contributed by atoms with van der Waals surface area (Å²) in [6, 6.07) is 24.2. The number of carbonyl (C=O) groups excluding carboxylic acids is 1. The van der Waals surface area contributed by atoms with Crippen LogP contribution in [0.4, 0.5) is 0 Å². The van der Waals surface area contributed by atoms with E-state index in [0.717, 1.165) is 6.42 Å². The molecule has 3 aromatic rings. The number of amides is 1. The standard InChI is InChI=1S/C25H28N2O3.ClH/c1-16(23(26)24(29)19-12-13-22(28)21(15-19)25(27)30)14-20(17-8-4-2-5-9-17)18-10-6-3-7-11-18;/h2-13,15-16,20,23-24,28-29H,14,26H2,1H3,(H2,27,30);1H. The molecule has 6 N–H and O–H groups in total. The summed E-state index contributed by atoms with van der Waals surface area (Å²) in [7, 11) is 0. The van der Waals surface area contributed by atoms with Gasteiger partial charge in [0.05, 0.1) is 11.7 Å². The lowest BCUT2D eigenvalue weighted by molar-refractivity contribution is 0.0996. The van der Waals surface area contributed by atoms with Crippen molar-refractivity contribution in [2.24, 2.45) is 17.4 Å². The number of rotatable bonds is 8. The van der Waals surface area contributed by atoms with Crippen molar-refractivity contribution in [1.29, 1.82) is 0 Å². The molecular weight excluding hydrogens is 412 g/mol. The van der Waals surface area contributed by atoms with Gasteiger partial charge in [-0.1, -0.05) is 73.7 Å². The van der Waals surface area contributed by atoms with Crippen molar-refractivity contribution in [2.75, 3.05) is 0 Å². The molecule has 0 aliphatic rings. The molecular formula is C25H29ClN2O3. The number of benzene rings is 3. The predicted octanol–water partition coefficient (Wildman–Crippen LogP) is 4.13. The molecule has 0 aliphatic heterocycles. The number of aliphatic hydroxyl groups excluding tert-OH is 1. The van der Waals surface area contributed by atoms with Crippen LogP contribution in [-0.2, 0) is 0 Å². The number of aromatic hydroxyl groups is 1. The zero-order valence-electron chi connectivity index (χ0n) is 17.4. The van der Waals surface area contributed by atoms with Crippen LogP contribution < -0.4 is 11.5 Å². The van der Waals surface area contributed by atoms with Crippen LogP contribution in [0.2, 0.25) is 0 Å². The summed E-state index contributed by atoms with van der Waals surface area (Å²) in [5.41, 5.74) is 14.5. The normalized spacial score (nSPS) is 13.8. The lowest BCUT2D eigenvalue weighted by atomic mass is 9.80. The largest absolute Gasteiger partial charge is 0.507 e. The summed E-state index contributed by atoms with van der Waals surface area (Å²) in [4.78, 5) is 11.5. The van der Waals surface area contributed by atoms with Gasteiger partial charge in [0.25, 0.3) is 5.91 Å². The average molecular weight is 441 g/mol. The van der Waals surface area contributed by atoms with Crippen molar-refractivity contribution < 1.29 is 15.0 Å². The molecule has 0 aliphatic carbocycles. The van der Waals surface area contributed by atoms with Crippen molar-refractivity contribution in [2.45, 2.75) is 31.4 Å². The molecule has 164 valence electrons. The van der Waals surface area contributed by atoms with Gasteiger partial charge in [-0.2, -0.15) is 0 Å². The Hall–Kier alpha value is -2.86. The van der Waals surface area contributed by atoms with E-state index >= 15 is 0 Å². The molecule has 0 heterocycles. The molecule has 3 aromatic carbocycles. The number of halogens is 1. The third kappa shape index (κ3) is 5.85. The topological polar surface area (TPSA) is 110 Å². The highest BCUT2D eigenvalue weighted by Crippen LogP contribution is 2.34. The highest BCUT2D eigenvalue weighted by Gasteiger charge is 2.27. The Balaban J connectivity index is 0.00000341. The average Bonchev–Trinajstić information content (AvgIpc) is 2.77. The third-order valence-corrected chi connectivity index (χ3v) is 5.66. The molecule has 5 nitrogen and oxygen atoms in total. The van der Waals surface area contributed by atoms with Gasteiger partial charge in [0.1, 0.15) is 5.75 Å². The van der Waals surface area contributed by atoms with Crippen molar-refractivity contribution in [1.82, 2.24) is 0 Å². The summed E-state index contributed by atoms with van der Waals surface area (Å²) < 4.78 is 0. The van der Waals surface area contributed by atoms with E-state index in [0.29, 0.717) is 5.56 Å². The molecule has 0 spiro atoms. The van der Waals surface area contributed by atoms with E-state index in [2.05, 4.69) is 24.3 Å². The van der Waals surface area contributed by atoms with E-state index in [4.69, 9.17) is 11.5 Å². The van der Waals surface area contributed by atoms with Crippen LogP contribution in [0.15, 0.2) is 78.9 Å². The fraction of sp³-hybridized carbons (Fsp3) is 0.240. The minimum absolute atomic E-state index is 0. The molecule has 1 amide bonds. The second-order valence-corrected chi connectivity index (χ2v) is 7.75. The SMILES string of the molecule is CC(CC(c1ccccc1)c1ccccc1)C(N)C(O)c1ccc(O)c(C(N)=O)c1.Cl. The van der Waals surface area contributed by atoms with Crippen molar-refractivity contribution in [3.63, 3.8) is 0 Å². The van der Waals surface area contributed by atoms with E-state index in [-0.39, 0.29) is 35.6 Å². The number of phenols is 1. The second-order valence-electron chi connectivity index (χ2n) is 7.75. The maximum atomic E-state index is 11.5. The quantitative estimate of drug-likeness (QED) is 0.422. The molecule has 0 fully saturated rings. The Labute approximate surface area is 189 Å². The number of aliphatic hydroxyl groups is 1. The van der Waals surface area contributed by atoms with E-state index in [1.54, 1.807) is 6.07 Å². The molecule has 3 unspecified atom stereocenters. The smallest absolute Gasteiger partial charge is 0.252 e. The van der Waals surface area contributed by atoms with Gasteiger partial charge in [-0.3, -0.25) is 4.79 Å². The van der Waals surface area contributed by atoms with Crippen LogP contribution in [0.1, 0.15) is 52.4 Å². The first kappa shape index (κ1) is 24.4. The van der Waals surface area contributed by atoms with Gasteiger partial charge >= 0.3 is 0 Å². The molecule has 0 saturated heterocycles. The van der Waals surface area contributed by atoms with Gasteiger partial charge in [-0.25, -0.2) is 0 Å². The summed E-state index contributed by atoms with van der Waals surface area (Å²) in [6.07, 6.45) is -0.251. The minimum atomic E-state index is -0.995. The Morgan fingerprint density at radius 3 is 1.90 bits per heavy atom. The molecule has 31 heavy (non-hydrogen) atoms. The second kappa shape index (κ2) is 11.0. The van der Waals surface area contributed by atoms with E-state index in [1.165, 1.54) is 23.3 Å². The molecule has 3 atom stereocenters. The van der Waals surface area contributed by atoms with Crippen molar-refractivity contribution in [3.8, 4) is 5.75 Å². The van der Waals surface area contributed by atoms with E-state index in [1.807, 2.05) is 43.3 Å². The maximum absolute atomic E-state index is 11.5. The van der Waals surface area contributed by atoms with Crippen LogP contribution >= 0.6 is 12.4 Å². The molecule has 0 saturated carbocycles. The Morgan fingerprint density at radius 1 is 0.903 bits per heavy atom. The first-order chi connectivity index (χ1) is 14.4. The van der Waals surface area contributed by atoms with Gasteiger partial charge < -0.3 is 21.7 Å². The minimum Gasteiger partial charge on any atom is -0.507 e. The fourth-order valence-electron chi connectivity index (χ4n) is 3.83. The van der Waals surface area contributed by atoms with Crippen molar-refractivity contribution in [3.05, 3.63) is 101 Å². The van der Waals surface area contributed by atoms with Crippen LogP contribution in [0, 0.1) is 5.92 Å². The first-order valence-corrected chi connectivity index (χ1v) is 10.0. The van der Waals surface area contributed by atoms with Crippen LogP contribution in [0.3, 0.4) is 0 Å². The Bertz CT molecular complexity index is 943. The third-order valence-electron chi connectivity index (χ3n) is 5.66. The number of hydrogen-bond acceptors (Lipinski definition) is 4. The van der Waals surface area contributed by atoms with Crippen LogP contribution in [0.5, 0.6) is 5.75 Å². The maximum Gasteiger partial charge on any atom is 0.252 e. The van der Waals surface area contributed by atoms with E-state index in [9.17, 15) is 15.0 Å². The highest BCUT2D eigenvalue weighted by atomic mass is 35.5. The zero-order valence-corrected chi connectivity index (χ0v) is 18.2. The Morgan fingerprint density at radius 2 is 1.42 bits per heavy atom. The van der Waals surface area contributed by atoms with E-state index < -0.39 is 18.1 Å². The molecule has 3 rings (SSSR count). The fourth-order valence-corrected chi connectivity index (χ4v) is 3.83. The summed E-state index contributed by atoms with van der Waals surface area (Å²) in [5.74, 6) is -0.859. The van der Waals surface area contributed by atoms with Gasteiger partial charge in [0.15, 0.2) is 0 Å². The summed E-state index contributed by atoms with van der Waals surface area (Å²) in [6.45, 7) is 2.02. The van der Waals surface area contributed by atoms with Gasteiger partial charge in [0.2, 0.25) is 0 Å². The highest BCUT2D eigenvalue weighted by molar-refractivity contribution is 5.95. The Kier molecular flexibility index (Phi) is 8.63. The zero-order chi connectivity index (χ0) is 21.7. The van der Waals surface area contributed by atoms with Gasteiger partial charge in [0, 0.05) is 12.0 Å². The monoisotopic (exact) mass is 440 g/mol. The van der Waals surface area contributed by atoms with Gasteiger partial charge in [-0.05, 0) is 41.2 Å². The molecule has 0 aromatic heterocycles. The van der Waals surface area contributed by atoms with Crippen molar-refractivity contribution >= 4 is 18.3 Å². The lowest BCUT2D eigenvalue weighted by Gasteiger charge is -2.29. The number of hydrogen-bond donors (Lipinski definition) is 4. The predicted molar refractivity (Wildman–Crippen MR) is 125 cm³/mol. The van der Waals surface area contributed by atoms with Crippen LogP contribution in [0.25, 0.3) is 0 Å². The number of nitrogens with two attached hydrogens (primary N) is 2. The molecule has 0 radical (unpaired) electrons. The lowest BCUT2D eigenvalue weighted by Crippen LogP contribution is -2.36. The van der Waals surface area contributed by atoms with Gasteiger partial charge in [-0.15, -0.1) is 12.4 Å². The molecule has 0 bridgehead atoms.